The van der Waals surface area contributed by atoms with Gasteiger partial charge in [-0.3, -0.25) is 14.4 Å². The second-order valence-electron chi connectivity index (χ2n) is 10.3. The van der Waals surface area contributed by atoms with Gasteiger partial charge in [0.2, 0.25) is 5.78 Å². The van der Waals surface area contributed by atoms with Gasteiger partial charge in [0.25, 0.3) is 0 Å². The number of esters is 1. The average molecular weight is 465 g/mol. The zero-order valence-corrected chi connectivity index (χ0v) is 19.1. The Morgan fingerprint density at radius 1 is 1.30 bits per heavy atom. The molecular formula is C25H30F2O6. The molecule has 180 valence electrons. The molecule has 0 saturated heterocycles. The molecular weight excluding hydrogens is 434 g/mol. The van der Waals surface area contributed by atoms with Gasteiger partial charge in [0.1, 0.15) is 0 Å². The molecule has 4 aliphatic carbocycles. The van der Waals surface area contributed by atoms with Crippen LogP contribution >= 0.6 is 0 Å². The lowest BCUT2D eigenvalue weighted by Gasteiger charge is -2.62. The smallest absolute Gasteiger partial charge is 0.305 e. The molecule has 0 spiro atoms. The van der Waals surface area contributed by atoms with Crippen LogP contribution in [0.1, 0.15) is 52.9 Å². The maximum atomic E-state index is 17.0. The Balaban J connectivity index is 1.77. The van der Waals surface area contributed by atoms with Gasteiger partial charge in [-0.15, -0.1) is 0 Å². The van der Waals surface area contributed by atoms with Gasteiger partial charge in [0, 0.05) is 23.2 Å². The van der Waals surface area contributed by atoms with E-state index in [2.05, 4.69) is 0 Å². The minimum atomic E-state index is -2.34. The fourth-order valence-electron chi connectivity index (χ4n) is 7.08. The monoisotopic (exact) mass is 464 g/mol. The first kappa shape index (κ1) is 24.0. The Morgan fingerprint density at radius 3 is 2.64 bits per heavy atom. The van der Waals surface area contributed by atoms with Crippen molar-refractivity contribution in [2.75, 3.05) is 6.61 Å². The molecule has 0 aromatic rings. The molecule has 7 atom stereocenters. The van der Waals surface area contributed by atoms with Crippen LogP contribution in [-0.4, -0.2) is 51.7 Å². The topological polar surface area (TPSA) is 101 Å². The summed E-state index contributed by atoms with van der Waals surface area (Å²) in [5.41, 5.74) is -6.68. The first-order valence-electron chi connectivity index (χ1n) is 11.4. The largest absolute Gasteiger partial charge is 0.458 e. The fraction of sp³-hybridized carbons (Fsp3) is 0.640. The molecule has 3 fully saturated rings. The summed E-state index contributed by atoms with van der Waals surface area (Å²) in [6.07, 6.45) is 3.21. The second kappa shape index (κ2) is 7.67. The maximum absolute atomic E-state index is 17.0. The van der Waals surface area contributed by atoms with Gasteiger partial charge >= 0.3 is 5.97 Å². The molecule has 0 aliphatic heterocycles. The number of carbonyl (C=O) groups is 3. The first-order chi connectivity index (χ1) is 15.4. The van der Waals surface area contributed by atoms with Crippen molar-refractivity contribution < 1.29 is 38.1 Å². The molecule has 2 N–H and O–H groups in total. The molecule has 0 heterocycles. The zero-order valence-electron chi connectivity index (χ0n) is 19.1. The first-order valence-corrected chi connectivity index (χ1v) is 11.4. The number of hydrogen-bond donors (Lipinski definition) is 2. The molecule has 0 aromatic carbocycles. The van der Waals surface area contributed by atoms with Crippen molar-refractivity contribution in [3.8, 4) is 0 Å². The number of ether oxygens (including phenoxy) is 1. The summed E-state index contributed by atoms with van der Waals surface area (Å²) < 4.78 is 36.0. The van der Waals surface area contributed by atoms with Crippen LogP contribution in [0.15, 0.2) is 35.7 Å². The summed E-state index contributed by atoms with van der Waals surface area (Å²) in [6, 6.07) is 0. The lowest BCUT2D eigenvalue weighted by atomic mass is 9.44. The van der Waals surface area contributed by atoms with Gasteiger partial charge in [-0.05, 0) is 56.3 Å². The SMILES string of the molecule is CCC(=O)OCC(=O)[C@@]1(O)C(=CF)C[C@H]2[C@@H]3CCC4=CC(=O)C=C[C@]4(C)[C@@]3(F)C(O)C[C@@]21C. The average Bonchev–Trinajstić information content (AvgIpc) is 3.01. The van der Waals surface area contributed by atoms with E-state index >= 15 is 4.39 Å². The number of hydrogen-bond acceptors (Lipinski definition) is 6. The number of carbonyl (C=O) groups excluding carboxylic acids is 3. The van der Waals surface area contributed by atoms with Gasteiger partial charge in [-0.2, -0.15) is 0 Å². The number of ketones is 2. The second-order valence-corrected chi connectivity index (χ2v) is 10.3. The number of rotatable bonds is 4. The molecule has 4 aliphatic rings. The number of aliphatic hydroxyl groups excluding tert-OH is 1. The Morgan fingerprint density at radius 2 is 2.00 bits per heavy atom. The van der Waals surface area contributed by atoms with E-state index < -0.39 is 58.4 Å². The predicted molar refractivity (Wildman–Crippen MR) is 114 cm³/mol. The van der Waals surface area contributed by atoms with Gasteiger partial charge in [0.15, 0.2) is 23.7 Å². The lowest BCUT2D eigenvalue weighted by molar-refractivity contribution is -0.215. The van der Waals surface area contributed by atoms with Crippen LogP contribution in [0.5, 0.6) is 0 Å². The van der Waals surface area contributed by atoms with Crippen molar-refractivity contribution in [2.45, 2.75) is 70.2 Å². The number of Topliss-reactive ketones (excluding diaryl/α,β-unsaturated/α-hetero) is 1. The third-order valence-corrected chi connectivity index (χ3v) is 8.95. The quantitative estimate of drug-likeness (QED) is 0.621. The number of halogens is 2. The van der Waals surface area contributed by atoms with Gasteiger partial charge in [-0.25, -0.2) is 8.78 Å². The normalized spacial score (nSPS) is 45.2. The van der Waals surface area contributed by atoms with Crippen molar-refractivity contribution in [1.82, 2.24) is 0 Å². The van der Waals surface area contributed by atoms with Crippen molar-refractivity contribution in [3.05, 3.63) is 35.7 Å². The number of aliphatic hydroxyl groups is 2. The van der Waals surface area contributed by atoms with E-state index in [1.165, 1.54) is 18.2 Å². The maximum Gasteiger partial charge on any atom is 0.305 e. The Hall–Kier alpha value is -2.19. The van der Waals surface area contributed by atoms with Crippen molar-refractivity contribution in [3.63, 3.8) is 0 Å². The molecule has 33 heavy (non-hydrogen) atoms. The molecule has 0 radical (unpaired) electrons. The fourth-order valence-corrected chi connectivity index (χ4v) is 7.08. The molecule has 0 amide bonds. The number of alkyl halides is 1. The van der Waals surface area contributed by atoms with Crippen LogP contribution in [0.2, 0.25) is 0 Å². The summed E-state index contributed by atoms with van der Waals surface area (Å²) in [5.74, 6) is -3.19. The van der Waals surface area contributed by atoms with Crippen LogP contribution in [0, 0.1) is 22.7 Å². The van der Waals surface area contributed by atoms with Crippen molar-refractivity contribution >= 4 is 17.5 Å². The highest BCUT2D eigenvalue weighted by molar-refractivity contribution is 6.01. The summed E-state index contributed by atoms with van der Waals surface area (Å²) >= 11 is 0. The summed E-state index contributed by atoms with van der Waals surface area (Å²) in [7, 11) is 0. The van der Waals surface area contributed by atoms with Gasteiger partial charge in [-0.1, -0.05) is 25.5 Å². The Bertz CT molecular complexity index is 1000. The Labute approximate surface area is 191 Å². The summed E-state index contributed by atoms with van der Waals surface area (Å²) in [6.45, 7) is 4.05. The van der Waals surface area contributed by atoms with E-state index in [9.17, 15) is 29.0 Å². The summed E-state index contributed by atoms with van der Waals surface area (Å²) in [4.78, 5) is 36.6. The van der Waals surface area contributed by atoms with E-state index in [0.29, 0.717) is 12.0 Å². The molecule has 0 aromatic heterocycles. The number of fused-ring (bicyclic) bond motifs is 5. The van der Waals surface area contributed by atoms with Crippen LogP contribution in [-0.2, 0) is 19.1 Å². The van der Waals surface area contributed by atoms with E-state index in [0.717, 1.165) is 0 Å². The molecule has 4 rings (SSSR count). The third-order valence-electron chi connectivity index (χ3n) is 8.95. The standard InChI is InChI=1S/C25H30F2O6/c1-4-21(31)33-13-20(30)25(32)15(12-26)10-18-17-6-5-14-9-16(28)7-8-22(14,2)24(17,27)19(29)11-23(18,25)3/h7-9,12,17-19,29,32H,4-6,10-11,13H2,1-3H3/t17-,18-,19?,22-,23-,24-,25-/m0/s1. The molecule has 3 saturated carbocycles. The third kappa shape index (κ3) is 2.92. The predicted octanol–water partition coefficient (Wildman–Crippen LogP) is 3.07. The van der Waals surface area contributed by atoms with Gasteiger partial charge < -0.3 is 14.9 Å². The van der Waals surface area contributed by atoms with Crippen LogP contribution in [0.4, 0.5) is 8.78 Å². The van der Waals surface area contributed by atoms with E-state index in [4.69, 9.17) is 4.74 Å². The minimum Gasteiger partial charge on any atom is -0.458 e. The highest BCUT2D eigenvalue weighted by Gasteiger charge is 2.75. The number of allylic oxidation sites excluding steroid dienone is 4. The molecule has 1 unspecified atom stereocenters. The molecule has 0 bridgehead atoms. The van der Waals surface area contributed by atoms with E-state index in [1.54, 1.807) is 20.8 Å². The van der Waals surface area contributed by atoms with Crippen molar-refractivity contribution in [2.24, 2.45) is 22.7 Å². The van der Waals surface area contributed by atoms with E-state index in [-0.39, 0.29) is 43.4 Å². The molecule has 8 heteroatoms. The lowest BCUT2D eigenvalue weighted by Crippen LogP contribution is -2.69. The highest BCUT2D eigenvalue weighted by atomic mass is 19.1. The summed E-state index contributed by atoms with van der Waals surface area (Å²) in [5, 5.41) is 22.9. The Kier molecular flexibility index (Phi) is 5.56. The van der Waals surface area contributed by atoms with Crippen LogP contribution < -0.4 is 0 Å². The highest BCUT2D eigenvalue weighted by Crippen LogP contribution is 2.70. The van der Waals surface area contributed by atoms with Crippen molar-refractivity contribution in [1.29, 1.82) is 0 Å². The molecule has 6 nitrogen and oxygen atoms in total. The van der Waals surface area contributed by atoms with E-state index in [1.807, 2.05) is 0 Å². The van der Waals surface area contributed by atoms with Crippen LogP contribution in [0.25, 0.3) is 0 Å². The van der Waals surface area contributed by atoms with Gasteiger partial charge in [0.05, 0.1) is 12.4 Å². The van der Waals surface area contributed by atoms with Crippen LogP contribution in [0.3, 0.4) is 0 Å². The zero-order chi connectivity index (χ0) is 24.4. The minimum absolute atomic E-state index is 0.0347.